The average Bonchev–Trinajstić information content (AvgIpc) is 2.57. The van der Waals surface area contributed by atoms with Gasteiger partial charge in [0.15, 0.2) is 0 Å². The monoisotopic (exact) mass is 331 g/mol. The zero-order chi connectivity index (χ0) is 16.2. The molecule has 0 bridgehead atoms. The van der Waals surface area contributed by atoms with Gasteiger partial charge in [-0.05, 0) is 37.1 Å². The number of nitrogens with zero attached hydrogens (tertiary/aromatic N) is 2. The molecule has 0 unspecified atom stereocenters. The Morgan fingerprint density at radius 1 is 1.26 bits per heavy atom. The lowest BCUT2D eigenvalue weighted by atomic mass is 9.95. The molecule has 0 aliphatic carbocycles. The van der Waals surface area contributed by atoms with Crippen LogP contribution in [0.5, 0.6) is 5.75 Å². The number of phenols is 1. The van der Waals surface area contributed by atoms with Gasteiger partial charge in [-0.1, -0.05) is 23.7 Å². The van der Waals surface area contributed by atoms with Crippen LogP contribution in [-0.4, -0.2) is 29.1 Å². The molecule has 6 heteroatoms. The van der Waals surface area contributed by atoms with Gasteiger partial charge in [0.2, 0.25) is 5.91 Å². The number of hydrogen-bond donors (Lipinski definition) is 2. The fraction of sp³-hybridized carbons (Fsp3) is 0.294. The number of rotatable bonds is 3. The molecule has 1 fully saturated rings. The van der Waals surface area contributed by atoms with Crippen LogP contribution in [0.4, 0.5) is 11.4 Å². The first kappa shape index (κ1) is 15.6. The van der Waals surface area contributed by atoms with Crippen molar-refractivity contribution in [1.82, 2.24) is 4.98 Å². The number of anilines is 2. The highest BCUT2D eigenvalue weighted by Crippen LogP contribution is 2.27. The minimum atomic E-state index is -0.0526. The number of para-hydroxylation sites is 2. The van der Waals surface area contributed by atoms with E-state index in [-0.39, 0.29) is 17.6 Å². The number of piperidine rings is 1. The van der Waals surface area contributed by atoms with Crippen LogP contribution in [0.1, 0.15) is 12.8 Å². The average molecular weight is 332 g/mol. The summed E-state index contributed by atoms with van der Waals surface area (Å²) in [5, 5.41) is 13.0. The van der Waals surface area contributed by atoms with Crippen LogP contribution in [0.3, 0.4) is 0 Å². The first-order chi connectivity index (χ1) is 11.1. The Balaban J connectivity index is 1.58. The van der Waals surface area contributed by atoms with Gasteiger partial charge in [0, 0.05) is 30.9 Å². The standard InChI is InChI=1S/C17H18ClN3O2/c18-16-11-13(5-8-19-16)21-9-6-12(7-10-21)17(23)20-14-3-1-2-4-15(14)22/h1-5,8,11-12,22H,6-7,9-10H2,(H,20,23). The normalized spacial score (nSPS) is 15.4. The van der Waals surface area contributed by atoms with Gasteiger partial charge in [-0.25, -0.2) is 4.98 Å². The van der Waals surface area contributed by atoms with E-state index in [1.807, 2.05) is 12.1 Å². The zero-order valence-corrected chi connectivity index (χ0v) is 13.3. The van der Waals surface area contributed by atoms with E-state index >= 15 is 0 Å². The highest BCUT2D eigenvalue weighted by atomic mass is 35.5. The summed E-state index contributed by atoms with van der Waals surface area (Å²) in [6, 6.07) is 10.5. The first-order valence-corrected chi connectivity index (χ1v) is 7.96. The summed E-state index contributed by atoms with van der Waals surface area (Å²) in [6.07, 6.45) is 3.22. The van der Waals surface area contributed by atoms with Crippen molar-refractivity contribution in [3.05, 3.63) is 47.7 Å². The maximum Gasteiger partial charge on any atom is 0.227 e. The van der Waals surface area contributed by atoms with Gasteiger partial charge in [0.05, 0.1) is 5.69 Å². The van der Waals surface area contributed by atoms with E-state index in [9.17, 15) is 9.90 Å². The molecule has 2 aromatic rings. The van der Waals surface area contributed by atoms with Crippen LogP contribution in [0.2, 0.25) is 5.15 Å². The minimum Gasteiger partial charge on any atom is -0.506 e. The summed E-state index contributed by atoms with van der Waals surface area (Å²) < 4.78 is 0. The Bertz CT molecular complexity index is 700. The number of carbonyl (C=O) groups is 1. The maximum absolute atomic E-state index is 12.3. The molecule has 0 saturated carbocycles. The van der Waals surface area contributed by atoms with Crippen LogP contribution in [0.15, 0.2) is 42.6 Å². The number of hydrogen-bond acceptors (Lipinski definition) is 4. The van der Waals surface area contributed by atoms with Crippen LogP contribution in [0.25, 0.3) is 0 Å². The molecule has 23 heavy (non-hydrogen) atoms. The lowest BCUT2D eigenvalue weighted by Crippen LogP contribution is -2.38. The van der Waals surface area contributed by atoms with E-state index in [1.165, 1.54) is 0 Å². The molecule has 3 rings (SSSR count). The van der Waals surface area contributed by atoms with E-state index in [0.717, 1.165) is 31.6 Å². The molecule has 0 radical (unpaired) electrons. The minimum absolute atomic E-state index is 0.0427. The third-order valence-electron chi connectivity index (χ3n) is 4.10. The molecule has 1 amide bonds. The van der Waals surface area contributed by atoms with Gasteiger partial charge in [-0.15, -0.1) is 0 Å². The molecule has 1 aliphatic rings. The van der Waals surface area contributed by atoms with Crippen LogP contribution >= 0.6 is 11.6 Å². The molecule has 1 aromatic heterocycles. The van der Waals surface area contributed by atoms with Gasteiger partial charge < -0.3 is 15.3 Å². The van der Waals surface area contributed by atoms with Crippen LogP contribution in [0, 0.1) is 5.92 Å². The van der Waals surface area contributed by atoms with Crippen LogP contribution < -0.4 is 10.2 Å². The second kappa shape index (κ2) is 6.87. The van der Waals surface area contributed by atoms with E-state index < -0.39 is 0 Å². The Labute approximate surface area is 139 Å². The fourth-order valence-electron chi connectivity index (χ4n) is 2.80. The summed E-state index contributed by atoms with van der Waals surface area (Å²) >= 11 is 5.92. The van der Waals surface area contributed by atoms with Gasteiger partial charge in [-0.3, -0.25) is 4.79 Å². The van der Waals surface area contributed by atoms with Crippen molar-refractivity contribution in [3.63, 3.8) is 0 Å². The molecule has 5 nitrogen and oxygen atoms in total. The largest absolute Gasteiger partial charge is 0.506 e. The van der Waals surface area contributed by atoms with E-state index in [2.05, 4.69) is 15.2 Å². The highest BCUT2D eigenvalue weighted by molar-refractivity contribution is 6.29. The summed E-state index contributed by atoms with van der Waals surface area (Å²) in [5.41, 5.74) is 1.49. The number of nitrogens with one attached hydrogen (secondary N) is 1. The Morgan fingerprint density at radius 3 is 2.70 bits per heavy atom. The first-order valence-electron chi connectivity index (χ1n) is 7.59. The second-order valence-electron chi connectivity index (χ2n) is 5.60. The molecule has 1 aromatic carbocycles. The molecule has 120 valence electrons. The summed E-state index contributed by atoms with van der Waals surface area (Å²) in [7, 11) is 0. The summed E-state index contributed by atoms with van der Waals surface area (Å²) in [4.78, 5) is 18.5. The SMILES string of the molecule is O=C(Nc1ccccc1O)C1CCN(c2ccnc(Cl)c2)CC1. The third-order valence-corrected chi connectivity index (χ3v) is 4.31. The Hall–Kier alpha value is -2.27. The number of aromatic nitrogens is 1. The number of pyridine rings is 1. The number of aromatic hydroxyl groups is 1. The number of phenolic OH excluding ortho intramolecular Hbond substituents is 1. The molecule has 0 spiro atoms. The Kier molecular flexibility index (Phi) is 4.67. The molecular weight excluding hydrogens is 314 g/mol. The fourth-order valence-corrected chi connectivity index (χ4v) is 2.97. The lowest BCUT2D eigenvalue weighted by Gasteiger charge is -2.33. The van der Waals surface area contributed by atoms with Gasteiger partial charge in [-0.2, -0.15) is 0 Å². The number of carbonyl (C=O) groups excluding carboxylic acids is 1. The molecule has 1 aliphatic heterocycles. The number of amides is 1. The lowest BCUT2D eigenvalue weighted by molar-refractivity contribution is -0.120. The Morgan fingerprint density at radius 2 is 2.00 bits per heavy atom. The quantitative estimate of drug-likeness (QED) is 0.669. The van der Waals surface area contributed by atoms with Crippen molar-refractivity contribution in [3.8, 4) is 5.75 Å². The highest BCUT2D eigenvalue weighted by Gasteiger charge is 2.25. The maximum atomic E-state index is 12.3. The van der Waals surface area contributed by atoms with Crippen molar-refractivity contribution in [1.29, 1.82) is 0 Å². The topological polar surface area (TPSA) is 65.5 Å². The molecule has 1 saturated heterocycles. The molecular formula is C17H18ClN3O2. The van der Waals surface area contributed by atoms with Gasteiger partial charge in [0.25, 0.3) is 0 Å². The van der Waals surface area contributed by atoms with E-state index in [0.29, 0.717) is 10.8 Å². The van der Waals surface area contributed by atoms with Crippen molar-refractivity contribution in [2.45, 2.75) is 12.8 Å². The van der Waals surface area contributed by atoms with Crippen molar-refractivity contribution in [2.24, 2.45) is 5.92 Å². The third kappa shape index (κ3) is 3.74. The van der Waals surface area contributed by atoms with Gasteiger partial charge >= 0.3 is 0 Å². The molecule has 0 atom stereocenters. The predicted octanol–water partition coefficient (Wildman–Crippen LogP) is 3.30. The van der Waals surface area contributed by atoms with Crippen molar-refractivity contribution >= 4 is 28.9 Å². The number of halogens is 1. The molecule has 2 heterocycles. The van der Waals surface area contributed by atoms with Gasteiger partial charge in [0.1, 0.15) is 10.9 Å². The zero-order valence-electron chi connectivity index (χ0n) is 12.6. The van der Waals surface area contributed by atoms with Crippen molar-refractivity contribution < 1.29 is 9.90 Å². The van der Waals surface area contributed by atoms with Crippen molar-refractivity contribution in [2.75, 3.05) is 23.3 Å². The summed E-state index contributed by atoms with van der Waals surface area (Å²) in [5.74, 6) is -0.00760. The van der Waals surface area contributed by atoms with Crippen LogP contribution in [-0.2, 0) is 4.79 Å². The van der Waals surface area contributed by atoms with E-state index in [4.69, 9.17) is 11.6 Å². The summed E-state index contributed by atoms with van der Waals surface area (Å²) in [6.45, 7) is 1.58. The number of benzene rings is 1. The predicted molar refractivity (Wildman–Crippen MR) is 90.9 cm³/mol. The van der Waals surface area contributed by atoms with E-state index in [1.54, 1.807) is 30.5 Å². The molecule has 2 N–H and O–H groups in total. The second-order valence-corrected chi connectivity index (χ2v) is 5.99. The smallest absolute Gasteiger partial charge is 0.227 e.